The van der Waals surface area contributed by atoms with Gasteiger partial charge in [0.25, 0.3) is 6.54 Å². The van der Waals surface area contributed by atoms with Crippen molar-refractivity contribution < 1.29 is 14.5 Å². The number of hydrogen-bond acceptors (Lipinski definition) is 5. The Kier molecular flexibility index (Phi) is 2.95. The molecule has 0 aliphatic carbocycles. The maximum atomic E-state index is 11.1. The number of nitro groups is 1. The van der Waals surface area contributed by atoms with Gasteiger partial charge in [0.1, 0.15) is 0 Å². The van der Waals surface area contributed by atoms with Crippen molar-refractivity contribution in [2.45, 2.75) is 0 Å². The van der Waals surface area contributed by atoms with Gasteiger partial charge in [-0.2, -0.15) is 0 Å². The highest BCUT2D eigenvalue weighted by Crippen LogP contribution is 2.15. The summed E-state index contributed by atoms with van der Waals surface area (Å²) in [5.41, 5.74) is 0.666. The van der Waals surface area contributed by atoms with Gasteiger partial charge in [0.05, 0.1) is 5.52 Å². The monoisotopic (exact) mass is 232 g/mol. The van der Waals surface area contributed by atoms with Crippen LogP contribution in [0, 0.1) is 10.1 Å². The third-order valence-electron chi connectivity index (χ3n) is 2.05. The predicted octanol–water partition coefficient (Wildman–Crippen LogP) is 1.42. The van der Waals surface area contributed by atoms with Crippen molar-refractivity contribution >= 4 is 16.9 Å². The summed E-state index contributed by atoms with van der Waals surface area (Å²) in [6.07, 6.45) is 0. The van der Waals surface area contributed by atoms with E-state index in [2.05, 4.69) is 4.98 Å². The Labute approximate surface area is 96.0 Å². The van der Waals surface area contributed by atoms with E-state index in [-0.39, 0.29) is 5.88 Å². The topological polar surface area (TPSA) is 82.3 Å². The number of rotatable bonds is 3. The van der Waals surface area contributed by atoms with E-state index in [9.17, 15) is 14.9 Å². The summed E-state index contributed by atoms with van der Waals surface area (Å²) in [6.45, 7) is -0.867. The van der Waals surface area contributed by atoms with E-state index < -0.39 is 17.4 Å². The average molecular weight is 232 g/mol. The smallest absolute Gasteiger partial charge is 0.385 e. The third-order valence-corrected chi connectivity index (χ3v) is 2.05. The zero-order valence-electron chi connectivity index (χ0n) is 8.70. The predicted molar refractivity (Wildman–Crippen MR) is 59.2 cm³/mol. The van der Waals surface area contributed by atoms with Crippen molar-refractivity contribution in [3.63, 3.8) is 0 Å². The Hall–Kier alpha value is -2.50. The van der Waals surface area contributed by atoms with E-state index in [1.165, 1.54) is 6.07 Å². The van der Waals surface area contributed by atoms with E-state index >= 15 is 0 Å². The van der Waals surface area contributed by atoms with Gasteiger partial charge in [0.15, 0.2) is 0 Å². The number of aromatic nitrogens is 1. The fourth-order valence-corrected chi connectivity index (χ4v) is 1.36. The Balaban J connectivity index is 2.19. The Morgan fingerprint density at radius 3 is 2.82 bits per heavy atom. The molecule has 1 aromatic heterocycles. The third kappa shape index (κ3) is 2.75. The minimum absolute atomic E-state index is 0.0653. The summed E-state index contributed by atoms with van der Waals surface area (Å²) < 4.78 is 4.74. The van der Waals surface area contributed by atoms with Gasteiger partial charge in [-0.05, 0) is 12.1 Å². The van der Waals surface area contributed by atoms with Crippen LogP contribution in [0.15, 0.2) is 36.4 Å². The molecule has 0 saturated carbocycles. The van der Waals surface area contributed by atoms with Crippen LogP contribution in [-0.2, 0) is 4.79 Å². The van der Waals surface area contributed by atoms with Crippen LogP contribution >= 0.6 is 0 Å². The molecule has 1 aromatic carbocycles. The summed E-state index contributed by atoms with van der Waals surface area (Å²) in [5, 5.41) is 11.0. The van der Waals surface area contributed by atoms with Crippen LogP contribution in [0.3, 0.4) is 0 Å². The van der Waals surface area contributed by atoms with Gasteiger partial charge in [-0.3, -0.25) is 10.1 Å². The van der Waals surface area contributed by atoms with Gasteiger partial charge in [0.2, 0.25) is 5.88 Å². The maximum absolute atomic E-state index is 11.1. The molecule has 1 heterocycles. The molecule has 0 fully saturated rings. The van der Waals surface area contributed by atoms with Gasteiger partial charge in [-0.25, -0.2) is 9.78 Å². The molecule has 17 heavy (non-hydrogen) atoms. The highest BCUT2D eigenvalue weighted by atomic mass is 16.6. The molecule has 0 radical (unpaired) electrons. The first-order chi connectivity index (χ1) is 8.15. The summed E-state index contributed by atoms with van der Waals surface area (Å²) in [6, 6.07) is 10.5. The normalized spacial score (nSPS) is 10.1. The van der Waals surface area contributed by atoms with Crippen molar-refractivity contribution in [1.82, 2.24) is 4.98 Å². The lowest BCUT2D eigenvalue weighted by Crippen LogP contribution is -2.19. The highest BCUT2D eigenvalue weighted by Gasteiger charge is 2.12. The summed E-state index contributed by atoms with van der Waals surface area (Å²) in [5.74, 6) is -0.867. The first-order valence-electron chi connectivity index (χ1n) is 4.83. The number of fused-ring (bicyclic) bond motifs is 1. The van der Waals surface area contributed by atoms with E-state index in [4.69, 9.17) is 4.74 Å². The Morgan fingerprint density at radius 2 is 2.06 bits per heavy atom. The van der Waals surface area contributed by atoms with E-state index in [1.54, 1.807) is 18.2 Å². The molecule has 0 atom stereocenters. The standard InChI is InChI=1S/C11H8N2O4/c14-11(7-13(15)16)17-10-6-5-8-3-1-2-4-9(8)12-10/h1-6H,7H2. The first-order valence-corrected chi connectivity index (χ1v) is 4.83. The molecule has 0 saturated heterocycles. The molecule has 0 aliphatic heterocycles. The lowest BCUT2D eigenvalue weighted by atomic mass is 10.2. The SMILES string of the molecule is O=C(C[N+](=O)[O-])Oc1ccc2ccccc2n1. The molecule has 0 spiro atoms. The van der Waals surface area contributed by atoms with E-state index in [1.807, 2.05) is 12.1 Å². The Morgan fingerprint density at radius 1 is 1.29 bits per heavy atom. The van der Waals surface area contributed by atoms with Gasteiger partial charge < -0.3 is 4.74 Å². The number of benzene rings is 1. The summed E-state index contributed by atoms with van der Waals surface area (Å²) in [4.78, 5) is 24.5. The molecule has 2 rings (SSSR count). The van der Waals surface area contributed by atoms with Gasteiger partial charge >= 0.3 is 5.97 Å². The second kappa shape index (κ2) is 4.56. The molecular formula is C11H8N2O4. The lowest BCUT2D eigenvalue weighted by Gasteiger charge is -2.02. The van der Waals surface area contributed by atoms with Crippen molar-refractivity contribution in [3.8, 4) is 5.88 Å². The summed E-state index contributed by atoms with van der Waals surface area (Å²) >= 11 is 0. The molecule has 0 bridgehead atoms. The fraction of sp³-hybridized carbons (Fsp3) is 0.0909. The van der Waals surface area contributed by atoms with Crippen molar-refractivity contribution in [3.05, 3.63) is 46.5 Å². The molecule has 6 heteroatoms. The van der Waals surface area contributed by atoms with E-state index in [0.717, 1.165) is 5.39 Å². The molecule has 0 aliphatic rings. The average Bonchev–Trinajstić information content (AvgIpc) is 2.27. The number of nitrogens with zero attached hydrogens (tertiary/aromatic N) is 2. The molecule has 0 N–H and O–H groups in total. The minimum Gasteiger partial charge on any atom is -0.403 e. The number of para-hydroxylation sites is 1. The van der Waals surface area contributed by atoms with Crippen LogP contribution in [0.5, 0.6) is 5.88 Å². The number of pyridine rings is 1. The summed E-state index contributed by atoms with van der Waals surface area (Å²) in [7, 11) is 0. The molecule has 86 valence electrons. The minimum atomic E-state index is -0.933. The quantitative estimate of drug-likeness (QED) is 0.454. The largest absolute Gasteiger partial charge is 0.403 e. The van der Waals surface area contributed by atoms with Crippen molar-refractivity contribution in [2.75, 3.05) is 6.54 Å². The van der Waals surface area contributed by atoms with Crippen LogP contribution in [0.2, 0.25) is 0 Å². The zero-order valence-corrected chi connectivity index (χ0v) is 8.70. The highest BCUT2D eigenvalue weighted by molar-refractivity contribution is 5.80. The maximum Gasteiger partial charge on any atom is 0.385 e. The molecule has 0 unspecified atom stereocenters. The second-order valence-electron chi connectivity index (χ2n) is 3.31. The van der Waals surface area contributed by atoms with Crippen LogP contribution in [0.4, 0.5) is 0 Å². The fourth-order valence-electron chi connectivity index (χ4n) is 1.36. The number of carbonyl (C=O) groups excluding carboxylic acids is 1. The molecule has 2 aromatic rings. The number of ether oxygens (including phenoxy) is 1. The van der Waals surface area contributed by atoms with Crippen LogP contribution in [0.1, 0.15) is 0 Å². The first kappa shape index (κ1) is 11.0. The van der Waals surface area contributed by atoms with Gasteiger partial charge in [0, 0.05) is 16.4 Å². The van der Waals surface area contributed by atoms with Crippen molar-refractivity contribution in [2.24, 2.45) is 0 Å². The van der Waals surface area contributed by atoms with Gasteiger partial charge in [-0.1, -0.05) is 18.2 Å². The molecular weight excluding hydrogens is 224 g/mol. The number of carbonyl (C=O) groups is 1. The second-order valence-corrected chi connectivity index (χ2v) is 3.31. The van der Waals surface area contributed by atoms with Crippen molar-refractivity contribution in [1.29, 1.82) is 0 Å². The van der Waals surface area contributed by atoms with Gasteiger partial charge in [-0.15, -0.1) is 0 Å². The van der Waals surface area contributed by atoms with Crippen LogP contribution < -0.4 is 4.74 Å². The van der Waals surface area contributed by atoms with Crippen LogP contribution in [0.25, 0.3) is 10.9 Å². The Bertz CT molecular complexity index is 582. The number of hydrogen-bond donors (Lipinski definition) is 0. The lowest BCUT2D eigenvalue weighted by molar-refractivity contribution is -0.469. The van der Waals surface area contributed by atoms with Crippen LogP contribution in [-0.4, -0.2) is 22.4 Å². The molecule has 0 amide bonds. The molecule has 6 nitrogen and oxygen atoms in total. The number of esters is 1. The zero-order chi connectivity index (χ0) is 12.3. The van der Waals surface area contributed by atoms with E-state index in [0.29, 0.717) is 5.52 Å².